The van der Waals surface area contributed by atoms with Crippen molar-refractivity contribution in [2.45, 2.75) is 52.2 Å². The molecule has 3 rings (SSSR count). The number of aromatic nitrogens is 1. The van der Waals surface area contributed by atoms with Crippen LogP contribution in [0.3, 0.4) is 0 Å². The van der Waals surface area contributed by atoms with Gasteiger partial charge in [0.15, 0.2) is 0 Å². The lowest BCUT2D eigenvalue weighted by atomic mass is 9.97. The maximum Gasteiger partial charge on any atom is 0.249 e. The molecule has 1 fully saturated rings. The first-order valence-corrected chi connectivity index (χ1v) is 9.93. The van der Waals surface area contributed by atoms with Crippen molar-refractivity contribution in [3.63, 3.8) is 0 Å². The molecule has 29 heavy (non-hydrogen) atoms. The van der Waals surface area contributed by atoms with Crippen molar-refractivity contribution < 1.29 is 9.90 Å². The van der Waals surface area contributed by atoms with Crippen LogP contribution >= 0.6 is 0 Å². The van der Waals surface area contributed by atoms with Gasteiger partial charge in [-0.3, -0.25) is 4.79 Å². The first-order valence-electron chi connectivity index (χ1n) is 9.93. The van der Waals surface area contributed by atoms with E-state index in [9.17, 15) is 15.2 Å². The third-order valence-corrected chi connectivity index (χ3v) is 5.45. The van der Waals surface area contributed by atoms with Gasteiger partial charge in [-0.15, -0.1) is 0 Å². The quantitative estimate of drug-likeness (QED) is 0.864. The van der Waals surface area contributed by atoms with E-state index in [1.165, 1.54) is 0 Å². The lowest BCUT2D eigenvalue weighted by Crippen LogP contribution is -2.45. The summed E-state index contributed by atoms with van der Waals surface area (Å²) in [6.45, 7) is 8.22. The smallest absolute Gasteiger partial charge is 0.249 e. The molecule has 1 N–H and O–H groups in total. The zero-order valence-electron chi connectivity index (χ0n) is 17.7. The summed E-state index contributed by atoms with van der Waals surface area (Å²) >= 11 is 0. The molecule has 1 aliphatic heterocycles. The van der Waals surface area contributed by atoms with Crippen LogP contribution in [0.1, 0.15) is 48.6 Å². The van der Waals surface area contributed by atoms with Crippen molar-refractivity contribution in [1.82, 2.24) is 4.98 Å². The number of aryl methyl sites for hydroxylation is 2. The van der Waals surface area contributed by atoms with Crippen LogP contribution in [-0.4, -0.2) is 41.7 Å². The number of carbonyl (C=O) groups is 1. The summed E-state index contributed by atoms with van der Waals surface area (Å²) in [5.74, 6) is 0.524. The molecule has 152 valence electrons. The predicted molar refractivity (Wildman–Crippen MR) is 114 cm³/mol. The Balaban J connectivity index is 2.02. The fourth-order valence-corrected chi connectivity index (χ4v) is 3.93. The van der Waals surface area contributed by atoms with E-state index in [1.54, 1.807) is 16.8 Å². The summed E-state index contributed by atoms with van der Waals surface area (Å²) in [5, 5.41) is 20.2. The molecular formula is C23H28N4O2. The van der Waals surface area contributed by atoms with Gasteiger partial charge >= 0.3 is 0 Å². The molecule has 0 aliphatic carbocycles. The number of aliphatic hydroxyl groups is 1. The molecule has 2 atom stereocenters. The topological polar surface area (TPSA) is 80.5 Å². The lowest BCUT2D eigenvalue weighted by Gasteiger charge is -2.30. The van der Waals surface area contributed by atoms with E-state index in [2.05, 4.69) is 11.1 Å². The van der Waals surface area contributed by atoms with E-state index < -0.39 is 12.1 Å². The van der Waals surface area contributed by atoms with Gasteiger partial charge in [-0.2, -0.15) is 5.26 Å². The van der Waals surface area contributed by atoms with Crippen LogP contribution < -0.4 is 9.80 Å². The fraction of sp³-hybridized carbons (Fsp3) is 0.435. The van der Waals surface area contributed by atoms with E-state index >= 15 is 0 Å². The number of nitrogens with zero attached hydrogens (tertiary/aromatic N) is 4. The van der Waals surface area contributed by atoms with Crippen LogP contribution in [0.5, 0.6) is 0 Å². The molecule has 1 aromatic carbocycles. The Morgan fingerprint density at radius 1 is 1.34 bits per heavy atom. The zero-order valence-corrected chi connectivity index (χ0v) is 17.7. The number of amides is 1. The molecule has 1 amide bonds. The highest BCUT2D eigenvalue weighted by Crippen LogP contribution is 2.33. The van der Waals surface area contributed by atoms with Crippen LogP contribution in [0.2, 0.25) is 0 Å². The normalized spacial score (nSPS) is 18.8. The Hall–Kier alpha value is -2.91. The summed E-state index contributed by atoms with van der Waals surface area (Å²) < 4.78 is 0. The van der Waals surface area contributed by atoms with Crippen molar-refractivity contribution in [3.8, 4) is 6.07 Å². The number of rotatable bonds is 4. The number of hydrogen-bond donors (Lipinski definition) is 1. The SMILES string of the molecule is Cc1cccc(N(C)C(=O)[C@@H]2C[C@H](O)CN2c2nc(C)cc(C(C)C)c2C#N)c1. The summed E-state index contributed by atoms with van der Waals surface area (Å²) in [4.78, 5) is 21.4. The highest BCUT2D eigenvalue weighted by Gasteiger charge is 2.40. The molecule has 2 aromatic rings. The van der Waals surface area contributed by atoms with Crippen molar-refractivity contribution in [2.24, 2.45) is 0 Å². The first kappa shape index (κ1) is 20.8. The number of likely N-dealkylation sites (N-methyl/N-ethyl adjacent to an activating group) is 1. The third kappa shape index (κ3) is 4.10. The molecule has 0 saturated carbocycles. The minimum Gasteiger partial charge on any atom is -0.391 e. The monoisotopic (exact) mass is 392 g/mol. The summed E-state index contributed by atoms with van der Waals surface area (Å²) in [6.07, 6.45) is -0.335. The second-order valence-electron chi connectivity index (χ2n) is 8.11. The maximum absolute atomic E-state index is 13.4. The number of aliphatic hydroxyl groups excluding tert-OH is 1. The molecule has 0 bridgehead atoms. The van der Waals surface area contributed by atoms with Crippen LogP contribution in [0, 0.1) is 25.2 Å². The van der Waals surface area contributed by atoms with Gasteiger partial charge < -0.3 is 14.9 Å². The average molecular weight is 393 g/mol. The number of pyridine rings is 1. The van der Waals surface area contributed by atoms with Gasteiger partial charge in [0.05, 0.1) is 11.7 Å². The minimum absolute atomic E-state index is 0.120. The van der Waals surface area contributed by atoms with Gasteiger partial charge in [0.25, 0.3) is 0 Å². The molecule has 0 radical (unpaired) electrons. The predicted octanol–water partition coefficient (Wildman–Crippen LogP) is 3.30. The van der Waals surface area contributed by atoms with Crippen molar-refractivity contribution in [3.05, 3.63) is 52.7 Å². The molecule has 0 spiro atoms. The fourth-order valence-electron chi connectivity index (χ4n) is 3.93. The minimum atomic E-state index is -0.647. The largest absolute Gasteiger partial charge is 0.391 e. The number of hydrogen-bond acceptors (Lipinski definition) is 5. The highest BCUT2D eigenvalue weighted by atomic mass is 16.3. The molecule has 1 aromatic heterocycles. The van der Waals surface area contributed by atoms with Gasteiger partial charge in [-0.05, 0) is 49.1 Å². The Bertz CT molecular complexity index is 964. The molecule has 6 nitrogen and oxygen atoms in total. The second kappa shape index (κ2) is 8.22. The highest BCUT2D eigenvalue weighted by molar-refractivity contribution is 5.99. The van der Waals surface area contributed by atoms with Crippen LogP contribution in [0.4, 0.5) is 11.5 Å². The summed E-state index contributed by atoms with van der Waals surface area (Å²) in [5.41, 5.74) is 4.06. The van der Waals surface area contributed by atoms with Crippen LogP contribution in [0.25, 0.3) is 0 Å². The van der Waals surface area contributed by atoms with Gasteiger partial charge in [0.1, 0.15) is 17.9 Å². The van der Waals surface area contributed by atoms with E-state index in [0.29, 0.717) is 17.8 Å². The molecular weight excluding hydrogens is 364 g/mol. The molecule has 2 heterocycles. The Labute approximate surface area is 172 Å². The summed E-state index contributed by atoms with van der Waals surface area (Å²) in [6, 6.07) is 11.4. The second-order valence-corrected chi connectivity index (χ2v) is 8.11. The Kier molecular flexibility index (Phi) is 5.90. The molecule has 1 saturated heterocycles. The maximum atomic E-state index is 13.4. The lowest BCUT2D eigenvalue weighted by molar-refractivity contribution is -0.119. The first-order chi connectivity index (χ1) is 13.7. The van der Waals surface area contributed by atoms with Gasteiger partial charge in [0.2, 0.25) is 5.91 Å². The van der Waals surface area contributed by atoms with Crippen LogP contribution in [-0.2, 0) is 4.79 Å². The Morgan fingerprint density at radius 3 is 2.69 bits per heavy atom. The van der Waals surface area contributed by atoms with E-state index in [0.717, 1.165) is 22.5 Å². The molecule has 1 aliphatic rings. The standard InChI is InChI=1S/C23H28N4O2/c1-14(2)19-10-16(4)25-22(20(19)12-24)27-13-18(28)11-21(27)23(29)26(5)17-8-6-7-15(3)9-17/h6-10,14,18,21,28H,11,13H2,1-5H3/t18-,21-/m0/s1. The number of carbonyl (C=O) groups excluding carboxylic acids is 1. The third-order valence-electron chi connectivity index (χ3n) is 5.45. The number of nitriles is 1. The average Bonchev–Trinajstić information content (AvgIpc) is 3.07. The number of benzene rings is 1. The van der Waals surface area contributed by atoms with Crippen molar-refractivity contribution >= 4 is 17.4 Å². The van der Waals surface area contributed by atoms with E-state index in [1.807, 2.05) is 58.0 Å². The molecule has 0 unspecified atom stereocenters. The van der Waals surface area contributed by atoms with Crippen molar-refractivity contribution in [1.29, 1.82) is 5.26 Å². The molecule has 6 heteroatoms. The van der Waals surface area contributed by atoms with E-state index in [4.69, 9.17) is 0 Å². The van der Waals surface area contributed by atoms with Crippen LogP contribution in [0.15, 0.2) is 30.3 Å². The van der Waals surface area contributed by atoms with E-state index in [-0.39, 0.29) is 18.4 Å². The number of anilines is 2. The van der Waals surface area contributed by atoms with Crippen molar-refractivity contribution in [2.75, 3.05) is 23.4 Å². The van der Waals surface area contributed by atoms with Gasteiger partial charge in [-0.25, -0.2) is 4.98 Å². The number of β-amino-alcohol motifs (C(OH)–C–C–N with tert-alkyl or cyclic N) is 1. The Morgan fingerprint density at radius 2 is 2.07 bits per heavy atom. The summed E-state index contributed by atoms with van der Waals surface area (Å²) in [7, 11) is 1.74. The zero-order chi connectivity index (χ0) is 21.3. The van der Waals surface area contributed by atoms with Gasteiger partial charge in [0, 0.05) is 31.4 Å². The van der Waals surface area contributed by atoms with Gasteiger partial charge in [-0.1, -0.05) is 26.0 Å².